The highest BCUT2D eigenvalue weighted by Gasteiger charge is 2.34. The number of hydrogen-bond acceptors (Lipinski definition) is 4. The Bertz CT molecular complexity index is 949. The third kappa shape index (κ3) is 3.87. The Balaban J connectivity index is 1.34. The number of thiophene rings is 1. The van der Waals surface area contributed by atoms with Crippen LogP contribution in [0.3, 0.4) is 0 Å². The van der Waals surface area contributed by atoms with Crippen LogP contribution in [0.5, 0.6) is 0 Å². The van der Waals surface area contributed by atoms with Crippen molar-refractivity contribution in [1.29, 1.82) is 0 Å². The summed E-state index contributed by atoms with van der Waals surface area (Å²) in [7, 11) is -3.40. The minimum atomic E-state index is -3.40. The normalized spacial score (nSPS) is 19.3. The van der Waals surface area contributed by atoms with Crippen molar-refractivity contribution in [3.05, 3.63) is 46.8 Å². The third-order valence-electron chi connectivity index (χ3n) is 5.83. The Hall–Kier alpha value is -1.74. The van der Waals surface area contributed by atoms with Gasteiger partial charge in [-0.2, -0.15) is 4.31 Å². The Morgan fingerprint density at radius 3 is 2.64 bits per heavy atom. The van der Waals surface area contributed by atoms with Crippen LogP contribution in [0.15, 0.2) is 39.9 Å². The molecule has 1 aliphatic heterocycles. The fourth-order valence-corrected chi connectivity index (χ4v) is 6.66. The maximum atomic E-state index is 12.7. The number of aryl methyl sites for hydroxylation is 2. The smallest absolute Gasteiger partial charge is 0.282 e. The van der Waals surface area contributed by atoms with Crippen molar-refractivity contribution in [2.45, 2.75) is 36.4 Å². The standard InChI is InChI=1S/C20H25N3O3S2/c1-15(20(24)21-18-8-7-16-4-2-5-17(16)14-18)22-9-11-23(12-10-22)28(25,26)19-6-3-13-27-19/h3,6-8,13-15H,2,4-5,9-12H2,1H3,(H,21,24)/p+1/t15-/m1/s1. The predicted octanol–water partition coefficient (Wildman–Crippen LogP) is 1.15. The number of sulfonamides is 1. The molecule has 2 N–H and O–H groups in total. The highest BCUT2D eigenvalue weighted by Crippen LogP contribution is 2.25. The molecule has 8 heteroatoms. The van der Waals surface area contributed by atoms with Crippen LogP contribution < -0.4 is 10.2 Å². The zero-order valence-corrected chi connectivity index (χ0v) is 17.6. The zero-order chi connectivity index (χ0) is 19.7. The van der Waals surface area contributed by atoms with Crippen LogP contribution in [0.1, 0.15) is 24.5 Å². The van der Waals surface area contributed by atoms with Gasteiger partial charge < -0.3 is 10.2 Å². The molecule has 4 rings (SSSR count). The first-order valence-corrected chi connectivity index (χ1v) is 12.1. The molecule has 0 unspecified atom stereocenters. The van der Waals surface area contributed by atoms with Crippen LogP contribution >= 0.6 is 11.3 Å². The van der Waals surface area contributed by atoms with Crippen molar-refractivity contribution in [3.8, 4) is 0 Å². The second kappa shape index (κ2) is 7.94. The molecule has 28 heavy (non-hydrogen) atoms. The molecule has 0 bridgehead atoms. The van der Waals surface area contributed by atoms with Gasteiger partial charge in [0.25, 0.3) is 15.9 Å². The van der Waals surface area contributed by atoms with Crippen LogP contribution in [0, 0.1) is 0 Å². The summed E-state index contributed by atoms with van der Waals surface area (Å²) in [6.45, 7) is 4.05. The van der Waals surface area contributed by atoms with Crippen molar-refractivity contribution in [2.24, 2.45) is 0 Å². The number of piperazine rings is 1. The van der Waals surface area contributed by atoms with Crippen LogP contribution in [0.4, 0.5) is 5.69 Å². The molecule has 0 spiro atoms. The number of nitrogens with one attached hydrogen (secondary N) is 2. The molecule has 1 saturated heterocycles. The van der Waals surface area contributed by atoms with E-state index >= 15 is 0 Å². The van der Waals surface area contributed by atoms with Crippen molar-refractivity contribution in [1.82, 2.24) is 4.31 Å². The highest BCUT2D eigenvalue weighted by molar-refractivity contribution is 7.91. The minimum Gasteiger partial charge on any atom is -0.323 e. The lowest BCUT2D eigenvalue weighted by Crippen LogP contribution is -3.19. The summed E-state index contributed by atoms with van der Waals surface area (Å²) in [5.74, 6) is -0.0116. The van der Waals surface area contributed by atoms with Crippen LogP contribution in [-0.4, -0.2) is 50.9 Å². The molecule has 0 radical (unpaired) electrons. The summed E-state index contributed by atoms with van der Waals surface area (Å²) in [4.78, 5) is 13.8. The van der Waals surface area contributed by atoms with Crippen molar-refractivity contribution >= 4 is 33.0 Å². The van der Waals surface area contributed by atoms with E-state index in [4.69, 9.17) is 0 Å². The van der Waals surface area contributed by atoms with Gasteiger partial charge in [0.1, 0.15) is 4.21 Å². The number of carbonyl (C=O) groups is 1. The topological polar surface area (TPSA) is 70.9 Å². The van der Waals surface area contributed by atoms with Gasteiger partial charge in [-0.3, -0.25) is 4.79 Å². The van der Waals surface area contributed by atoms with Gasteiger partial charge >= 0.3 is 0 Å². The Morgan fingerprint density at radius 2 is 1.93 bits per heavy atom. The molecular formula is C20H26N3O3S2+. The molecule has 6 nitrogen and oxygen atoms in total. The maximum absolute atomic E-state index is 12.7. The molecule has 1 aromatic carbocycles. The fraction of sp³-hybridized carbons (Fsp3) is 0.450. The molecule has 1 amide bonds. The van der Waals surface area contributed by atoms with Gasteiger partial charge in [-0.15, -0.1) is 11.3 Å². The summed E-state index contributed by atoms with van der Waals surface area (Å²) >= 11 is 1.24. The molecule has 2 aromatic rings. The lowest BCUT2D eigenvalue weighted by Gasteiger charge is -2.33. The van der Waals surface area contributed by atoms with Crippen LogP contribution in [0.2, 0.25) is 0 Å². The van der Waals surface area contributed by atoms with Gasteiger partial charge in [-0.1, -0.05) is 12.1 Å². The number of hydrogen-bond donors (Lipinski definition) is 2. The third-order valence-corrected chi connectivity index (χ3v) is 9.10. The zero-order valence-electron chi connectivity index (χ0n) is 16.0. The van der Waals surface area contributed by atoms with Crippen LogP contribution in [0.25, 0.3) is 0 Å². The number of benzene rings is 1. The molecule has 1 fully saturated rings. The molecule has 1 atom stereocenters. The first-order valence-electron chi connectivity index (χ1n) is 9.76. The van der Waals surface area contributed by atoms with Crippen molar-refractivity contribution in [3.63, 3.8) is 0 Å². The monoisotopic (exact) mass is 420 g/mol. The van der Waals surface area contributed by atoms with Gasteiger partial charge in [0.15, 0.2) is 6.04 Å². The number of amides is 1. The molecule has 2 heterocycles. The van der Waals surface area contributed by atoms with E-state index in [1.165, 1.54) is 33.2 Å². The van der Waals surface area contributed by atoms with Gasteiger partial charge in [0.2, 0.25) is 0 Å². The Labute approximate surface area is 170 Å². The SMILES string of the molecule is C[C@H](C(=O)Nc1ccc2c(c1)CCC2)[NH+]1CCN(S(=O)(=O)c2cccs2)CC1. The maximum Gasteiger partial charge on any atom is 0.282 e. The summed E-state index contributed by atoms with van der Waals surface area (Å²) < 4.78 is 27.2. The molecule has 1 aliphatic carbocycles. The number of quaternary nitrogens is 1. The van der Waals surface area contributed by atoms with E-state index in [0.717, 1.165) is 23.4 Å². The number of rotatable bonds is 5. The van der Waals surface area contributed by atoms with Crippen molar-refractivity contribution in [2.75, 3.05) is 31.5 Å². The number of anilines is 1. The van der Waals surface area contributed by atoms with Gasteiger partial charge in [-0.05, 0) is 60.9 Å². The predicted molar refractivity (Wildman–Crippen MR) is 110 cm³/mol. The average Bonchev–Trinajstić information content (AvgIpc) is 3.39. The van der Waals surface area contributed by atoms with E-state index in [1.807, 2.05) is 13.0 Å². The second-order valence-electron chi connectivity index (χ2n) is 7.54. The summed E-state index contributed by atoms with van der Waals surface area (Å²) in [6, 6.07) is 9.36. The number of fused-ring (bicyclic) bond motifs is 1. The van der Waals surface area contributed by atoms with E-state index in [-0.39, 0.29) is 11.9 Å². The lowest BCUT2D eigenvalue weighted by molar-refractivity contribution is -0.917. The van der Waals surface area contributed by atoms with E-state index in [9.17, 15) is 13.2 Å². The minimum absolute atomic E-state index is 0.0116. The second-order valence-corrected chi connectivity index (χ2v) is 10.7. The largest absolute Gasteiger partial charge is 0.323 e. The highest BCUT2D eigenvalue weighted by atomic mass is 32.2. The first-order chi connectivity index (χ1) is 13.4. The lowest BCUT2D eigenvalue weighted by atomic mass is 10.1. The van der Waals surface area contributed by atoms with Crippen molar-refractivity contribution < 1.29 is 18.1 Å². The summed E-state index contributed by atoms with van der Waals surface area (Å²) in [5.41, 5.74) is 3.58. The molecule has 0 saturated carbocycles. The summed E-state index contributed by atoms with van der Waals surface area (Å²) in [6.07, 6.45) is 3.40. The van der Waals surface area contributed by atoms with E-state index in [0.29, 0.717) is 30.4 Å². The van der Waals surface area contributed by atoms with Gasteiger partial charge in [0.05, 0.1) is 26.2 Å². The van der Waals surface area contributed by atoms with E-state index < -0.39 is 10.0 Å². The fourth-order valence-electron chi connectivity index (χ4n) is 4.07. The molecule has 150 valence electrons. The van der Waals surface area contributed by atoms with Crippen LogP contribution in [-0.2, 0) is 27.7 Å². The van der Waals surface area contributed by atoms with E-state index in [2.05, 4.69) is 17.4 Å². The molecule has 2 aliphatic rings. The first kappa shape index (κ1) is 19.6. The quantitative estimate of drug-likeness (QED) is 0.763. The Morgan fingerprint density at radius 1 is 1.18 bits per heavy atom. The molecular weight excluding hydrogens is 394 g/mol. The summed E-state index contributed by atoms with van der Waals surface area (Å²) in [5, 5.41) is 4.82. The number of carbonyl (C=O) groups excluding carboxylic acids is 1. The molecule has 1 aromatic heterocycles. The average molecular weight is 421 g/mol. The van der Waals surface area contributed by atoms with Gasteiger partial charge in [-0.25, -0.2) is 8.42 Å². The Kier molecular flexibility index (Phi) is 5.55. The van der Waals surface area contributed by atoms with Gasteiger partial charge in [0, 0.05) is 5.69 Å². The number of nitrogens with zero attached hydrogens (tertiary/aromatic N) is 1. The van der Waals surface area contributed by atoms with E-state index in [1.54, 1.807) is 17.5 Å².